The van der Waals surface area contributed by atoms with E-state index in [1.165, 1.54) is 56.2 Å². The molecule has 2 aromatic rings. The maximum Gasteiger partial charge on any atom is 0.265 e. The van der Waals surface area contributed by atoms with E-state index in [9.17, 15) is 17.6 Å². The van der Waals surface area contributed by atoms with Crippen LogP contribution in [0.5, 0.6) is 0 Å². The molecule has 0 radical (unpaired) electrons. The van der Waals surface area contributed by atoms with E-state index in [1.807, 2.05) is 0 Å². The van der Waals surface area contributed by atoms with Gasteiger partial charge in [0, 0.05) is 16.1 Å². The third-order valence-corrected chi connectivity index (χ3v) is 9.01. The highest BCUT2D eigenvalue weighted by Crippen LogP contribution is 2.41. The number of sulfonamides is 1. The molecule has 0 heterocycles. The van der Waals surface area contributed by atoms with Crippen molar-refractivity contribution in [1.82, 2.24) is 5.32 Å². The number of amides is 1. The van der Waals surface area contributed by atoms with Crippen molar-refractivity contribution in [2.24, 2.45) is 11.8 Å². The molecule has 9 heteroatoms. The fourth-order valence-corrected chi connectivity index (χ4v) is 6.80. The van der Waals surface area contributed by atoms with Gasteiger partial charge in [-0.15, -0.1) is 0 Å². The van der Waals surface area contributed by atoms with Gasteiger partial charge in [0.1, 0.15) is 11.9 Å². The third kappa shape index (κ3) is 4.61. The Bertz CT molecular complexity index is 1100. The number of anilines is 1. The third-order valence-electron chi connectivity index (χ3n) is 6.62. The average molecular weight is 499 g/mol. The quantitative estimate of drug-likeness (QED) is 0.578. The minimum atomic E-state index is -4.29. The molecule has 0 aliphatic heterocycles. The summed E-state index contributed by atoms with van der Waals surface area (Å²) in [5.41, 5.74) is -0.278. The molecule has 1 amide bonds. The highest BCUT2D eigenvalue weighted by Gasteiger charge is 2.40. The van der Waals surface area contributed by atoms with Crippen molar-refractivity contribution >= 4 is 44.8 Å². The summed E-state index contributed by atoms with van der Waals surface area (Å²) in [7, 11) is -4.29. The number of fused-ring (bicyclic) bond motifs is 3. The second-order valence-corrected chi connectivity index (χ2v) is 11.3. The minimum Gasteiger partial charge on any atom is -0.351 e. The lowest BCUT2D eigenvalue weighted by Crippen LogP contribution is -2.54. The number of hydrogen-bond donors (Lipinski definition) is 1. The minimum absolute atomic E-state index is 0.0155. The second-order valence-electron chi connectivity index (χ2n) is 8.66. The Balaban J connectivity index is 1.69. The van der Waals surface area contributed by atoms with Gasteiger partial charge in [-0.2, -0.15) is 0 Å². The van der Waals surface area contributed by atoms with E-state index in [-0.39, 0.29) is 21.6 Å². The van der Waals surface area contributed by atoms with Crippen LogP contribution in [0.1, 0.15) is 39.0 Å². The first-order valence-corrected chi connectivity index (χ1v) is 12.9. The molecule has 2 bridgehead atoms. The smallest absolute Gasteiger partial charge is 0.265 e. The predicted molar refractivity (Wildman–Crippen MR) is 124 cm³/mol. The first-order valence-electron chi connectivity index (χ1n) is 10.7. The number of hydrogen-bond acceptors (Lipinski definition) is 3. The molecule has 2 atom stereocenters. The van der Waals surface area contributed by atoms with Crippen LogP contribution < -0.4 is 9.62 Å². The number of rotatable bonds is 6. The van der Waals surface area contributed by atoms with Crippen LogP contribution in [0.15, 0.2) is 47.4 Å². The fourth-order valence-electron chi connectivity index (χ4n) is 4.89. The number of nitrogens with zero attached hydrogens (tertiary/aromatic N) is 1. The molecular formula is C23H25Cl2FN2O3S. The Morgan fingerprint density at radius 3 is 2.28 bits per heavy atom. The largest absolute Gasteiger partial charge is 0.351 e. The summed E-state index contributed by atoms with van der Waals surface area (Å²) in [5.74, 6) is -0.247. The molecule has 1 unspecified atom stereocenters. The molecule has 0 spiro atoms. The molecular weight excluding hydrogens is 474 g/mol. The summed E-state index contributed by atoms with van der Waals surface area (Å²) in [5, 5.41) is 3.57. The van der Waals surface area contributed by atoms with Gasteiger partial charge in [-0.25, -0.2) is 12.8 Å². The van der Waals surface area contributed by atoms with Gasteiger partial charge >= 0.3 is 0 Å². The first kappa shape index (κ1) is 23.3. The zero-order valence-electron chi connectivity index (χ0n) is 17.6. The van der Waals surface area contributed by atoms with Crippen molar-refractivity contribution < 1.29 is 17.6 Å². The van der Waals surface area contributed by atoms with E-state index < -0.39 is 27.8 Å². The zero-order valence-corrected chi connectivity index (χ0v) is 19.9. The molecule has 3 saturated carbocycles. The summed E-state index contributed by atoms with van der Waals surface area (Å²) in [6.45, 7) is 1.46. The molecule has 172 valence electrons. The maximum atomic E-state index is 14.8. The molecule has 5 rings (SSSR count). The van der Waals surface area contributed by atoms with Crippen LogP contribution in [0.2, 0.25) is 10.0 Å². The monoisotopic (exact) mass is 498 g/mol. The van der Waals surface area contributed by atoms with Crippen molar-refractivity contribution in [3.05, 3.63) is 58.3 Å². The highest BCUT2D eigenvalue weighted by atomic mass is 35.5. The molecule has 3 fully saturated rings. The van der Waals surface area contributed by atoms with Crippen LogP contribution in [-0.4, -0.2) is 26.4 Å². The molecule has 5 nitrogen and oxygen atoms in total. The SMILES string of the molecule is CC(C(=O)N[C@@H]1CC2CCC1CC2)N(c1cc(Cl)ccc1F)S(=O)(=O)c1ccc(Cl)cc1. The predicted octanol–water partition coefficient (Wildman–Crippen LogP) is 5.41. The van der Waals surface area contributed by atoms with Gasteiger partial charge in [-0.3, -0.25) is 9.10 Å². The molecule has 2 aromatic carbocycles. The number of carbonyl (C=O) groups is 1. The zero-order chi connectivity index (χ0) is 23.0. The van der Waals surface area contributed by atoms with E-state index in [0.29, 0.717) is 16.9 Å². The second kappa shape index (κ2) is 9.20. The first-order chi connectivity index (χ1) is 15.2. The van der Waals surface area contributed by atoms with Crippen LogP contribution >= 0.6 is 23.2 Å². The van der Waals surface area contributed by atoms with Gasteiger partial charge in [0.2, 0.25) is 5.91 Å². The van der Waals surface area contributed by atoms with E-state index >= 15 is 0 Å². The Labute approximate surface area is 197 Å². The van der Waals surface area contributed by atoms with Gasteiger partial charge in [0.05, 0.1) is 10.6 Å². The summed E-state index contributed by atoms with van der Waals surface area (Å²) >= 11 is 12.0. The maximum absolute atomic E-state index is 14.8. The van der Waals surface area contributed by atoms with Crippen molar-refractivity contribution in [3.8, 4) is 0 Å². The topological polar surface area (TPSA) is 66.5 Å². The molecule has 32 heavy (non-hydrogen) atoms. The van der Waals surface area contributed by atoms with Gasteiger partial charge < -0.3 is 5.32 Å². The summed E-state index contributed by atoms with van der Waals surface area (Å²) in [6.07, 6.45) is 5.40. The van der Waals surface area contributed by atoms with Gasteiger partial charge in [-0.1, -0.05) is 36.0 Å². The standard InChI is InChI=1S/C23H25Cl2FN2O3S/c1-14(23(29)27-21-12-15-2-4-16(21)5-3-15)28(22-13-18(25)8-11-20(22)26)32(30,31)19-9-6-17(24)7-10-19/h6-11,13-16,21H,2-5,12H2,1H3,(H,27,29)/t14?,15?,16?,21-/m1/s1. The Kier molecular flexibility index (Phi) is 6.71. The number of nitrogens with one attached hydrogen (secondary N) is 1. The van der Waals surface area contributed by atoms with E-state index in [1.54, 1.807) is 0 Å². The molecule has 1 N–H and O–H groups in total. The lowest BCUT2D eigenvalue weighted by atomic mass is 9.68. The van der Waals surface area contributed by atoms with Crippen molar-refractivity contribution in [3.63, 3.8) is 0 Å². The molecule has 3 aliphatic rings. The Hall–Kier alpha value is -1.83. The number of carbonyl (C=O) groups excluding carboxylic acids is 1. The van der Waals surface area contributed by atoms with Gasteiger partial charge in [0.15, 0.2) is 0 Å². The van der Waals surface area contributed by atoms with Crippen molar-refractivity contribution in [2.45, 2.75) is 56.0 Å². The van der Waals surface area contributed by atoms with Gasteiger partial charge in [-0.05, 0) is 80.5 Å². The Morgan fingerprint density at radius 2 is 1.69 bits per heavy atom. The fraction of sp³-hybridized carbons (Fsp3) is 0.435. The van der Waals surface area contributed by atoms with Crippen LogP contribution in [-0.2, 0) is 14.8 Å². The van der Waals surface area contributed by atoms with Gasteiger partial charge in [0.25, 0.3) is 10.0 Å². The van der Waals surface area contributed by atoms with E-state index in [0.717, 1.165) is 29.6 Å². The van der Waals surface area contributed by atoms with E-state index in [4.69, 9.17) is 23.2 Å². The van der Waals surface area contributed by atoms with Crippen molar-refractivity contribution in [1.29, 1.82) is 0 Å². The summed E-state index contributed by atoms with van der Waals surface area (Å²) < 4.78 is 42.8. The molecule has 0 aromatic heterocycles. The average Bonchev–Trinajstić information content (AvgIpc) is 2.77. The normalized spacial score (nSPS) is 23.6. The molecule has 0 saturated heterocycles. The molecule has 3 aliphatic carbocycles. The van der Waals surface area contributed by atoms with E-state index in [2.05, 4.69) is 5.32 Å². The van der Waals surface area contributed by atoms with Crippen LogP contribution in [0.3, 0.4) is 0 Å². The summed E-state index contributed by atoms with van der Waals surface area (Å²) in [6, 6.07) is 8.00. The Morgan fingerprint density at radius 1 is 1.06 bits per heavy atom. The highest BCUT2D eigenvalue weighted by molar-refractivity contribution is 7.93. The lowest BCUT2D eigenvalue weighted by Gasteiger charge is -2.43. The summed E-state index contributed by atoms with van der Waals surface area (Å²) in [4.78, 5) is 13.1. The van der Waals surface area contributed by atoms with Crippen LogP contribution in [0.4, 0.5) is 10.1 Å². The van der Waals surface area contributed by atoms with Crippen LogP contribution in [0, 0.1) is 17.7 Å². The number of benzene rings is 2. The van der Waals surface area contributed by atoms with Crippen LogP contribution in [0.25, 0.3) is 0 Å². The van der Waals surface area contributed by atoms with Crippen molar-refractivity contribution in [2.75, 3.05) is 4.31 Å². The number of halogens is 3. The lowest BCUT2D eigenvalue weighted by molar-refractivity contribution is -0.123.